The molecular weight excluding hydrogens is 399 g/mol. The van der Waals surface area contributed by atoms with Crippen LogP contribution in [0.5, 0.6) is 0 Å². The van der Waals surface area contributed by atoms with Gasteiger partial charge in [0.1, 0.15) is 0 Å². The van der Waals surface area contributed by atoms with Crippen LogP contribution in [0, 0.1) is 0 Å². The predicted octanol–water partition coefficient (Wildman–Crippen LogP) is 1.43. The average Bonchev–Trinajstić information content (AvgIpc) is 2.47. The number of hydrogen-bond donors (Lipinski definition) is 3. The number of hydrogen-bond acceptors (Lipinski definition) is 5. The van der Waals surface area contributed by atoms with Crippen LogP contribution in [0.3, 0.4) is 0 Å². The highest BCUT2D eigenvalue weighted by molar-refractivity contribution is 7.89. The Balaban J connectivity index is 2.96. The third-order valence-corrected chi connectivity index (χ3v) is 5.12. The summed E-state index contributed by atoms with van der Waals surface area (Å²) in [7, 11) is -0.354. The summed E-state index contributed by atoms with van der Waals surface area (Å²) in [6.45, 7) is 0.886. The number of nitrogens with one attached hydrogen (secondary N) is 2. The molecule has 0 saturated carbocycles. The van der Waals surface area contributed by atoms with E-state index in [1.807, 2.05) is 5.32 Å². The number of benzene rings is 1. The molecular formula is C14H19ClF3N3O4S. The molecule has 0 heterocycles. The number of aliphatic hydroxyl groups is 1. The number of carbonyl (C=O) groups is 1. The molecule has 12 heteroatoms. The van der Waals surface area contributed by atoms with Gasteiger partial charge in [-0.1, -0.05) is 11.6 Å². The third kappa shape index (κ3) is 5.55. The van der Waals surface area contributed by atoms with Crippen molar-refractivity contribution in [3.8, 4) is 0 Å². The molecule has 0 aliphatic rings. The molecule has 1 rings (SSSR count). The summed E-state index contributed by atoms with van der Waals surface area (Å²) < 4.78 is 64.5. The zero-order chi connectivity index (χ0) is 20.3. The summed E-state index contributed by atoms with van der Waals surface area (Å²) in [5.41, 5.74) is -3.90. The molecule has 0 aliphatic heterocycles. The van der Waals surface area contributed by atoms with E-state index in [-0.39, 0.29) is 22.2 Å². The van der Waals surface area contributed by atoms with Gasteiger partial charge >= 0.3 is 6.18 Å². The number of amides is 1. The smallest absolute Gasteiger partial charge is 0.373 e. The molecule has 0 aliphatic carbocycles. The highest BCUT2D eigenvalue weighted by Crippen LogP contribution is 2.32. The van der Waals surface area contributed by atoms with Crippen molar-refractivity contribution in [1.29, 1.82) is 0 Å². The molecule has 0 aromatic heterocycles. The molecule has 26 heavy (non-hydrogen) atoms. The Morgan fingerprint density at radius 1 is 1.31 bits per heavy atom. The summed E-state index contributed by atoms with van der Waals surface area (Å²) >= 11 is 5.85. The molecule has 7 nitrogen and oxygen atoms in total. The van der Waals surface area contributed by atoms with Gasteiger partial charge in [0, 0.05) is 13.1 Å². The van der Waals surface area contributed by atoms with Crippen molar-refractivity contribution in [3.63, 3.8) is 0 Å². The van der Waals surface area contributed by atoms with Gasteiger partial charge in [0.15, 0.2) is 0 Å². The van der Waals surface area contributed by atoms with E-state index in [9.17, 15) is 31.5 Å². The Morgan fingerprint density at radius 3 is 2.35 bits per heavy atom. The van der Waals surface area contributed by atoms with E-state index in [0.717, 1.165) is 18.2 Å². The van der Waals surface area contributed by atoms with Gasteiger partial charge in [-0.05, 0) is 39.2 Å². The maximum absolute atomic E-state index is 12.6. The van der Waals surface area contributed by atoms with E-state index in [4.69, 9.17) is 11.6 Å². The number of anilines is 1. The van der Waals surface area contributed by atoms with E-state index < -0.39 is 27.7 Å². The normalized spacial score (nSPS) is 15.0. The summed E-state index contributed by atoms with van der Waals surface area (Å²) in [6.07, 6.45) is -5.19. The van der Waals surface area contributed by atoms with E-state index in [2.05, 4.69) is 4.72 Å². The molecule has 0 unspecified atom stereocenters. The van der Waals surface area contributed by atoms with Gasteiger partial charge in [0.05, 0.1) is 15.6 Å². The molecule has 1 amide bonds. The predicted molar refractivity (Wildman–Crippen MR) is 90.5 cm³/mol. The lowest BCUT2D eigenvalue weighted by atomic mass is 10.1. The van der Waals surface area contributed by atoms with Crippen molar-refractivity contribution in [3.05, 3.63) is 23.2 Å². The van der Waals surface area contributed by atoms with Crippen LogP contribution in [0.1, 0.15) is 6.92 Å². The lowest BCUT2D eigenvalue weighted by Crippen LogP contribution is -2.52. The molecule has 0 radical (unpaired) electrons. The van der Waals surface area contributed by atoms with Crippen molar-refractivity contribution in [2.45, 2.75) is 23.6 Å². The van der Waals surface area contributed by atoms with Crippen molar-refractivity contribution in [2.24, 2.45) is 0 Å². The van der Waals surface area contributed by atoms with Crippen LogP contribution in [-0.2, 0) is 14.8 Å². The fourth-order valence-corrected chi connectivity index (χ4v) is 2.96. The standard InChI is InChI=1S/C14H19ClF3N3O4S/c1-13(23,14(16,17)18)12(22)20-11-5-4-9(8-10(11)15)26(24,25)19-6-7-21(2)3/h4-5,8,19,23H,6-7H2,1-3H3,(H,20,22)/t13-/m1/s1. The molecule has 0 saturated heterocycles. The Kier molecular flexibility index (Phi) is 7.04. The first-order chi connectivity index (χ1) is 11.7. The Morgan fingerprint density at radius 2 is 1.88 bits per heavy atom. The van der Waals surface area contributed by atoms with Crippen molar-refractivity contribution in [1.82, 2.24) is 9.62 Å². The number of likely N-dealkylation sites (N-methyl/N-ethyl adjacent to an activating group) is 1. The monoisotopic (exact) mass is 417 g/mol. The highest BCUT2D eigenvalue weighted by Gasteiger charge is 2.55. The second-order valence-electron chi connectivity index (χ2n) is 5.87. The highest BCUT2D eigenvalue weighted by atomic mass is 35.5. The first kappa shape index (κ1) is 22.6. The van der Waals surface area contributed by atoms with Crippen LogP contribution < -0.4 is 10.0 Å². The first-order valence-corrected chi connectivity index (χ1v) is 9.09. The third-order valence-electron chi connectivity index (χ3n) is 3.34. The van der Waals surface area contributed by atoms with E-state index in [1.165, 1.54) is 0 Å². The second kappa shape index (κ2) is 8.09. The van der Waals surface area contributed by atoms with Gasteiger partial charge in [-0.25, -0.2) is 13.1 Å². The largest absolute Gasteiger partial charge is 0.426 e. The van der Waals surface area contributed by atoms with Gasteiger partial charge in [0.25, 0.3) is 5.91 Å². The van der Waals surface area contributed by atoms with Crippen LogP contribution in [0.15, 0.2) is 23.1 Å². The maximum atomic E-state index is 12.6. The maximum Gasteiger partial charge on any atom is 0.426 e. The van der Waals surface area contributed by atoms with Gasteiger partial charge in [-0.2, -0.15) is 13.2 Å². The molecule has 1 aromatic rings. The Bertz CT molecular complexity index is 767. The zero-order valence-corrected chi connectivity index (χ0v) is 15.8. The van der Waals surface area contributed by atoms with Gasteiger partial charge in [-0.15, -0.1) is 0 Å². The van der Waals surface area contributed by atoms with Crippen molar-refractivity contribution in [2.75, 3.05) is 32.5 Å². The van der Waals surface area contributed by atoms with Gasteiger partial charge in [-0.3, -0.25) is 4.79 Å². The van der Waals surface area contributed by atoms with Crippen LogP contribution in [0.2, 0.25) is 5.02 Å². The minimum absolute atomic E-state index is 0.139. The molecule has 0 bridgehead atoms. The molecule has 0 fully saturated rings. The van der Waals surface area contributed by atoms with Crippen molar-refractivity contribution < 1.29 is 31.5 Å². The van der Waals surface area contributed by atoms with E-state index in [0.29, 0.717) is 13.5 Å². The molecule has 1 aromatic carbocycles. The van der Waals surface area contributed by atoms with Crippen LogP contribution in [0.4, 0.5) is 18.9 Å². The number of carbonyl (C=O) groups excluding carboxylic acids is 1. The lowest BCUT2D eigenvalue weighted by molar-refractivity contribution is -0.242. The lowest BCUT2D eigenvalue weighted by Gasteiger charge is -2.25. The van der Waals surface area contributed by atoms with Crippen LogP contribution in [0.25, 0.3) is 0 Å². The quantitative estimate of drug-likeness (QED) is 0.623. The molecule has 3 N–H and O–H groups in total. The number of halogens is 4. The van der Waals surface area contributed by atoms with E-state index in [1.54, 1.807) is 19.0 Å². The minimum atomic E-state index is -5.19. The summed E-state index contributed by atoms with van der Waals surface area (Å²) in [4.78, 5) is 13.2. The number of rotatable bonds is 7. The number of nitrogens with zero attached hydrogens (tertiary/aromatic N) is 1. The molecule has 148 valence electrons. The number of alkyl halides is 3. The fraction of sp³-hybridized carbons (Fsp3) is 0.500. The molecule has 0 spiro atoms. The van der Waals surface area contributed by atoms with Crippen LogP contribution >= 0.6 is 11.6 Å². The minimum Gasteiger partial charge on any atom is -0.373 e. The Labute approximate surface area is 154 Å². The summed E-state index contributed by atoms with van der Waals surface area (Å²) in [6, 6.07) is 3.09. The fourth-order valence-electron chi connectivity index (χ4n) is 1.62. The summed E-state index contributed by atoms with van der Waals surface area (Å²) in [5, 5.41) is 10.8. The topological polar surface area (TPSA) is 98.7 Å². The number of sulfonamides is 1. The van der Waals surface area contributed by atoms with Gasteiger partial charge < -0.3 is 15.3 Å². The summed E-state index contributed by atoms with van der Waals surface area (Å²) in [5.74, 6) is -1.74. The first-order valence-electron chi connectivity index (χ1n) is 7.23. The van der Waals surface area contributed by atoms with Gasteiger partial charge in [0.2, 0.25) is 15.6 Å². The zero-order valence-electron chi connectivity index (χ0n) is 14.2. The van der Waals surface area contributed by atoms with Crippen LogP contribution in [-0.4, -0.2) is 63.3 Å². The SMILES string of the molecule is CN(C)CCNS(=O)(=O)c1ccc(NC(=O)[C@@](C)(O)C(F)(F)F)c(Cl)c1. The van der Waals surface area contributed by atoms with Crippen molar-refractivity contribution >= 4 is 33.2 Å². The molecule has 1 atom stereocenters. The Hall–Kier alpha value is -1.40. The average molecular weight is 418 g/mol. The van der Waals surface area contributed by atoms with E-state index >= 15 is 0 Å². The second-order valence-corrected chi connectivity index (χ2v) is 8.04.